The number of imidazole rings is 1. The number of aromatic nitrogens is 3. The second-order valence-electron chi connectivity index (χ2n) is 4.37. The summed E-state index contributed by atoms with van der Waals surface area (Å²) in [6.07, 6.45) is 1.74. The SMILES string of the molecule is Cc1cnc2c(c1)[nH]c(=S)n2-c1c(Cl)cc(F)cc1Br. The van der Waals surface area contributed by atoms with E-state index < -0.39 is 5.82 Å². The van der Waals surface area contributed by atoms with E-state index >= 15 is 0 Å². The molecule has 0 saturated carbocycles. The van der Waals surface area contributed by atoms with Gasteiger partial charge in [-0.3, -0.25) is 4.57 Å². The van der Waals surface area contributed by atoms with Gasteiger partial charge >= 0.3 is 0 Å². The zero-order chi connectivity index (χ0) is 14.4. The minimum Gasteiger partial charge on any atom is -0.329 e. The van der Waals surface area contributed by atoms with Gasteiger partial charge in [0.15, 0.2) is 10.4 Å². The van der Waals surface area contributed by atoms with Crippen LogP contribution in [0.2, 0.25) is 5.02 Å². The first-order valence-corrected chi connectivity index (χ1v) is 7.27. The number of benzene rings is 1. The van der Waals surface area contributed by atoms with Crippen molar-refractivity contribution < 1.29 is 4.39 Å². The van der Waals surface area contributed by atoms with Crippen molar-refractivity contribution in [2.45, 2.75) is 6.92 Å². The Hall–Kier alpha value is -1.24. The molecule has 0 aliphatic carbocycles. The van der Waals surface area contributed by atoms with Crippen LogP contribution in [0.15, 0.2) is 28.9 Å². The molecular weight excluding hydrogens is 365 g/mol. The maximum absolute atomic E-state index is 13.3. The summed E-state index contributed by atoms with van der Waals surface area (Å²) >= 11 is 14.8. The Bertz CT molecular complexity index is 864. The molecule has 7 heteroatoms. The minimum absolute atomic E-state index is 0.260. The average molecular weight is 373 g/mol. The second kappa shape index (κ2) is 4.95. The Balaban J connectivity index is 2.41. The number of pyridine rings is 1. The van der Waals surface area contributed by atoms with Gasteiger partial charge in [0.1, 0.15) is 5.82 Å². The molecule has 1 aromatic carbocycles. The molecule has 0 fully saturated rings. The van der Waals surface area contributed by atoms with Gasteiger partial charge in [-0.2, -0.15) is 0 Å². The van der Waals surface area contributed by atoms with Crippen LogP contribution in [0.1, 0.15) is 5.56 Å². The van der Waals surface area contributed by atoms with Crippen molar-refractivity contribution in [2.24, 2.45) is 0 Å². The van der Waals surface area contributed by atoms with Crippen molar-refractivity contribution in [3.8, 4) is 5.69 Å². The third kappa shape index (κ3) is 2.17. The highest BCUT2D eigenvalue weighted by Gasteiger charge is 2.15. The van der Waals surface area contributed by atoms with Crippen molar-refractivity contribution in [2.75, 3.05) is 0 Å². The van der Waals surface area contributed by atoms with Crippen molar-refractivity contribution >= 4 is 50.9 Å². The molecule has 0 bridgehead atoms. The molecule has 2 aromatic heterocycles. The number of nitrogens with zero attached hydrogens (tertiary/aromatic N) is 2. The molecule has 0 amide bonds. The molecule has 3 nitrogen and oxygen atoms in total. The first-order valence-electron chi connectivity index (χ1n) is 5.69. The number of rotatable bonds is 1. The molecule has 0 atom stereocenters. The standard InChI is InChI=1S/C13H8BrClFN3S/c1-6-2-10-12(17-5-6)19(13(20)18-10)11-8(14)3-7(16)4-9(11)15/h2-5H,1H3,(H,18,20). The van der Waals surface area contributed by atoms with Gasteiger partial charge in [0.25, 0.3) is 0 Å². The van der Waals surface area contributed by atoms with Crippen LogP contribution in [0.25, 0.3) is 16.9 Å². The molecule has 3 aromatic rings. The van der Waals surface area contributed by atoms with Crippen molar-refractivity contribution in [1.82, 2.24) is 14.5 Å². The zero-order valence-corrected chi connectivity index (χ0v) is 13.4. The number of aromatic amines is 1. The lowest BCUT2D eigenvalue weighted by molar-refractivity contribution is 0.626. The molecule has 0 radical (unpaired) electrons. The van der Waals surface area contributed by atoms with E-state index in [1.807, 2.05) is 13.0 Å². The van der Waals surface area contributed by atoms with Crippen LogP contribution in [-0.2, 0) is 0 Å². The molecule has 0 saturated heterocycles. The van der Waals surface area contributed by atoms with E-state index in [1.54, 1.807) is 10.8 Å². The first-order chi connectivity index (χ1) is 9.47. The van der Waals surface area contributed by atoms with E-state index in [9.17, 15) is 4.39 Å². The summed E-state index contributed by atoms with van der Waals surface area (Å²) in [5.41, 5.74) is 3.04. The summed E-state index contributed by atoms with van der Waals surface area (Å²) in [4.78, 5) is 7.45. The quantitative estimate of drug-likeness (QED) is 0.613. The number of H-pyrrole nitrogens is 1. The van der Waals surface area contributed by atoms with Gasteiger partial charge in [-0.15, -0.1) is 0 Å². The summed E-state index contributed by atoms with van der Waals surface area (Å²) < 4.78 is 16.0. The number of hydrogen-bond acceptors (Lipinski definition) is 2. The van der Waals surface area contributed by atoms with Crippen LogP contribution in [0.5, 0.6) is 0 Å². The van der Waals surface area contributed by atoms with Gasteiger partial charge in [0, 0.05) is 10.7 Å². The van der Waals surface area contributed by atoms with Gasteiger partial charge in [-0.1, -0.05) is 11.6 Å². The summed E-state index contributed by atoms with van der Waals surface area (Å²) in [7, 11) is 0. The zero-order valence-electron chi connectivity index (χ0n) is 10.2. The molecule has 0 unspecified atom stereocenters. The Morgan fingerprint density at radius 2 is 2.15 bits per heavy atom. The van der Waals surface area contributed by atoms with E-state index in [0.29, 0.717) is 20.6 Å². The lowest BCUT2D eigenvalue weighted by atomic mass is 10.3. The minimum atomic E-state index is -0.416. The fourth-order valence-electron chi connectivity index (χ4n) is 2.06. The summed E-state index contributed by atoms with van der Waals surface area (Å²) in [6.45, 7) is 1.95. The molecule has 20 heavy (non-hydrogen) atoms. The van der Waals surface area contributed by atoms with E-state index in [4.69, 9.17) is 23.8 Å². The fraction of sp³-hybridized carbons (Fsp3) is 0.0769. The highest BCUT2D eigenvalue weighted by atomic mass is 79.9. The highest BCUT2D eigenvalue weighted by Crippen LogP contribution is 2.32. The monoisotopic (exact) mass is 371 g/mol. The smallest absolute Gasteiger partial charge is 0.184 e. The molecule has 3 rings (SSSR count). The van der Waals surface area contributed by atoms with E-state index in [-0.39, 0.29) is 5.02 Å². The lowest BCUT2D eigenvalue weighted by Crippen LogP contribution is -1.99. The first kappa shape index (κ1) is 13.7. The number of nitrogens with one attached hydrogen (secondary N) is 1. The molecule has 2 heterocycles. The summed E-state index contributed by atoms with van der Waals surface area (Å²) in [6, 6.07) is 4.53. The van der Waals surface area contributed by atoms with Crippen molar-refractivity contribution in [3.05, 3.63) is 50.0 Å². The fourth-order valence-corrected chi connectivity index (χ4v) is 3.36. The van der Waals surface area contributed by atoms with Gasteiger partial charge in [-0.05, 0) is 58.8 Å². The lowest BCUT2D eigenvalue weighted by Gasteiger charge is -2.09. The number of fused-ring (bicyclic) bond motifs is 1. The normalized spacial score (nSPS) is 11.2. The highest BCUT2D eigenvalue weighted by molar-refractivity contribution is 9.10. The largest absolute Gasteiger partial charge is 0.329 e. The second-order valence-corrected chi connectivity index (χ2v) is 6.02. The molecule has 0 spiro atoms. The van der Waals surface area contributed by atoms with Gasteiger partial charge in [0.05, 0.1) is 16.2 Å². The maximum Gasteiger partial charge on any atom is 0.184 e. The van der Waals surface area contributed by atoms with Gasteiger partial charge in [-0.25, -0.2) is 9.37 Å². The molecular formula is C13H8BrClFN3S. The van der Waals surface area contributed by atoms with Crippen LogP contribution in [0.4, 0.5) is 4.39 Å². The average Bonchev–Trinajstić information content (AvgIpc) is 2.64. The molecule has 102 valence electrons. The van der Waals surface area contributed by atoms with Crippen LogP contribution in [-0.4, -0.2) is 14.5 Å². The van der Waals surface area contributed by atoms with Gasteiger partial charge < -0.3 is 4.98 Å². The Labute approximate surface area is 132 Å². The molecule has 1 N–H and O–H groups in total. The molecule has 0 aliphatic rings. The predicted molar refractivity (Wildman–Crippen MR) is 83.7 cm³/mol. The maximum atomic E-state index is 13.3. The molecule has 0 aliphatic heterocycles. The Morgan fingerprint density at radius 3 is 2.85 bits per heavy atom. The Kier molecular flexibility index (Phi) is 3.40. The van der Waals surface area contributed by atoms with Crippen LogP contribution < -0.4 is 0 Å². The van der Waals surface area contributed by atoms with Crippen molar-refractivity contribution in [1.29, 1.82) is 0 Å². The number of aryl methyl sites for hydroxylation is 1. The van der Waals surface area contributed by atoms with Gasteiger partial charge in [0.2, 0.25) is 0 Å². The van der Waals surface area contributed by atoms with Crippen LogP contribution >= 0.6 is 39.7 Å². The van der Waals surface area contributed by atoms with E-state index in [1.165, 1.54) is 12.1 Å². The summed E-state index contributed by atoms with van der Waals surface area (Å²) in [5.74, 6) is -0.416. The topological polar surface area (TPSA) is 33.6 Å². The van der Waals surface area contributed by atoms with Crippen LogP contribution in [0.3, 0.4) is 0 Å². The summed E-state index contributed by atoms with van der Waals surface area (Å²) in [5, 5.41) is 0.260. The Morgan fingerprint density at radius 1 is 1.40 bits per heavy atom. The van der Waals surface area contributed by atoms with E-state index in [2.05, 4.69) is 25.9 Å². The third-order valence-corrected chi connectivity index (χ3v) is 4.04. The predicted octanol–water partition coefficient (Wildman–Crippen LogP) is 4.95. The van der Waals surface area contributed by atoms with E-state index in [0.717, 1.165) is 11.1 Å². The van der Waals surface area contributed by atoms with Crippen molar-refractivity contribution in [3.63, 3.8) is 0 Å². The third-order valence-electron chi connectivity index (χ3n) is 2.87. The number of hydrogen-bond donors (Lipinski definition) is 1. The number of halogens is 3. The van der Waals surface area contributed by atoms with Crippen LogP contribution in [0, 0.1) is 17.5 Å².